The van der Waals surface area contributed by atoms with Crippen LogP contribution in [0.2, 0.25) is 0 Å². The van der Waals surface area contributed by atoms with E-state index in [0.29, 0.717) is 13.2 Å². The second kappa shape index (κ2) is 4.72. The van der Waals surface area contributed by atoms with E-state index in [1.165, 1.54) is 0 Å². The van der Waals surface area contributed by atoms with Gasteiger partial charge in [-0.3, -0.25) is 0 Å². The molecule has 88 valence electrons. The Morgan fingerprint density at radius 3 is 2.50 bits per heavy atom. The maximum Gasteiger partial charge on any atom is 0.119 e. The van der Waals surface area contributed by atoms with Crippen LogP contribution in [0.1, 0.15) is 0 Å². The Hall–Kier alpha value is -1.26. The standard InChI is InChI=1S/C12H17NO3/c1-15-11-4-2-10(3-5-11)13-6-12(7-14)8-16-9-12/h2-5,13-14H,6-9H2,1H3. The molecule has 0 atom stereocenters. The fourth-order valence-corrected chi connectivity index (χ4v) is 1.64. The lowest BCUT2D eigenvalue weighted by atomic mass is 9.87. The molecule has 16 heavy (non-hydrogen) atoms. The van der Waals surface area contributed by atoms with Crippen molar-refractivity contribution in [2.45, 2.75) is 0 Å². The monoisotopic (exact) mass is 223 g/mol. The zero-order valence-electron chi connectivity index (χ0n) is 9.40. The third kappa shape index (κ3) is 2.28. The third-order valence-electron chi connectivity index (χ3n) is 2.91. The largest absolute Gasteiger partial charge is 0.497 e. The van der Waals surface area contributed by atoms with Crippen LogP contribution >= 0.6 is 0 Å². The van der Waals surface area contributed by atoms with Crippen LogP contribution in [-0.2, 0) is 4.74 Å². The molecule has 1 aliphatic heterocycles. The molecule has 1 aromatic rings. The molecule has 0 aliphatic carbocycles. The van der Waals surface area contributed by atoms with Crippen LogP contribution in [0.25, 0.3) is 0 Å². The van der Waals surface area contributed by atoms with Crippen molar-refractivity contribution >= 4 is 5.69 Å². The quantitative estimate of drug-likeness (QED) is 0.785. The first-order chi connectivity index (χ1) is 7.78. The summed E-state index contributed by atoms with van der Waals surface area (Å²) < 4.78 is 10.2. The minimum atomic E-state index is -0.0973. The maximum absolute atomic E-state index is 9.26. The van der Waals surface area contributed by atoms with Gasteiger partial charge in [0.2, 0.25) is 0 Å². The highest BCUT2D eigenvalue weighted by Gasteiger charge is 2.37. The SMILES string of the molecule is COc1ccc(NCC2(CO)COC2)cc1. The molecule has 4 nitrogen and oxygen atoms in total. The number of hydrogen-bond donors (Lipinski definition) is 2. The average molecular weight is 223 g/mol. The van der Waals surface area contributed by atoms with E-state index < -0.39 is 0 Å². The highest BCUT2D eigenvalue weighted by molar-refractivity contribution is 5.46. The van der Waals surface area contributed by atoms with E-state index in [-0.39, 0.29) is 12.0 Å². The van der Waals surface area contributed by atoms with Crippen molar-refractivity contribution in [1.29, 1.82) is 0 Å². The van der Waals surface area contributed by atoms with Gasteiger partial charge in [-0.1, -0.05) is 0 Å². The Kier molecular flexibility index (Phi) is 3.31. The zero-order valence-corrected chi connectivity index (χ0v) is 9.40. The summed E-state index contributed by atoms with van der Waals surface area (Å²) in [6.45, 7) is 2.16. The summed E-state index contributed by atoms with van der Waals surface area (Å²) in [7, 11) is 1.65. The number of rotatable bonds is 5. The summed E-state index contributed by atoms with van der Waals surface area (Å²) in [5.74, 6) is 0.842. The summed E-state index contributed by atoms with van der Waals surface area (Å²) >= 11 is 0. The van der Waals surface area contributed by atoms with Crippen LogP contribution in [0, 0.1) is 5.41 Å². The molecule has 0 amide bonds. The maximum atomic E-state index is 9.26. The highest BCUT2D eigenvalue weighted by atomic mass is 16.5. The number of anilines is 1. The molecular weight excluding hydrogens is 206 g/mol. The van der Waals surface area contributed by atoms with Crippen molar-refractivity contribution in [3.63, 3.8) is 0 Å². The second-order valence-corrected chi connectivity index (χ2v) is 4.23. The molecule has 1 aliphatic rings. The van der Waals surface area contributed by atoms with Crippen molar-refractivity contribution in [1.82, 2.24) is 0 Å². The lowest BCUT2D eigenvalue weighted by molar-refractivity contribution is -0.128. The average Bonchev–Trinajstić information content (AvgIpc) is 2.29. The van der Waals surface area contributed by atoms with Gasteiger partial charge in [0.15, 0.2) is 0 Å². The molecular formula is C12H17NO3. The van der Waals surface area contributed by atoms with Crippen LogP contribution in [-0.4, -0.2) is 38.6 Å². The van der Waals surface area contributed by atoms with Crippen molar-refractivity contribution in [2.24, 2.45) is 5.41 Å². The molecule has 1 fully saturated rings. The van der Waals surface area contributed by atoms with Crippen LogP contribution in [0.5, 0.6) is 5.75 Å². The van der Waals surface area contributed by atoms with Gasteiger partial charge in [-0.15, -0.1) is 0 Å². The summed E-state index contributed by atoms with van der Waals surface area (Å²) in [4.78, 5) is 0. The predicted molar refractivity (Wildman–Crippen MR) is 61.8 cm³/mol. The minimum absolute atomic E-state index is 0.0973. The van der Waals surface area contributed by atoms with Crippen LogP contribution < -0.4 is 10.1 Å². The van der Waals surface area contributed by atoms with E-state index in [4.69, 9.17) is 9.47 Å². The first kappa shape index (κ1) is 11.2. The number of aliphatic hydroxyl groups excluding tert-OH is 1. The molecule has 0 saturated carbocycles. The van der Waals surface area contributed by atoms with Crippen LogP contribution in [0.15, 0.2) is 24.3 Å². The van der Waals surface area contributed by atoms with E-state index in [0.717, 1.165) is 18.0 Å². The number of ether oxygens (including phenoxy) is 2. The van der Waals surface area contributed by atoms with Gasteiger partial charge in [-0.05, 0) is 24.3 Å². The molecule has 4 heteroatoms. The number of methoxy groups -OCH3 is 1. The van der Waals surface area contributed by atoms with Crippen molar-refractivity contribution < 1.29 is 14.6 Å². The Labute approximate surface area is 95.2 Å². The van der Waals surface area contributed by atoms with Gasteiger partial charge < -0.3 is 19.9 Å². The molecule has 0 bridgehead atoms. The lowest BCUT2D eigenvalue weighted by Gasteiger charge is -2.40. The summed E-state index contributed by atoms with van der Waals surface area (Å²) in [5.41, 5.74) is 0.931. The van der Waals surface area contributed by atoms with Crippen molar-refractivity contribution in [3.05, 3.63) is 24.3 Å². The Morgan fingerprint density at radius 1 is 1.38 bits per heavy atom. The third-order valence-corrected chi connectivity index (χ3v) is 2.91. The highest BCUT2D eigenvalue weighted by Crippen LogP contribution is 2.27. The molecule has 0 unspecified atom stereocenters. The number of benzene rings is 1. The molecule has 0 radical (unpaired) electrons. The van der Waals surface area contributed by atoms with Gasteiger partial charge >= 0.3 is 0 Å². The number of hydrogen-bond acceptors (Lipinski definition) is 4. The van der Waals surface area contributed by atoms with Gasteiger partial charge in [0.1, 0.15) is 5.75 Å². The molecule has 2 N–H and O–H groups in total. The topological polar surface area (TPSA) is 50.7 Å². The molecule has 2 rings (SSSR count). The van der Waals surface area contributed by atoms with Gasteiger partial charge in [-0.25, -0.2) is 0 Å². The summed E-state index contributed by atoms with van der Waals surface area (Å²) in [6, 6.07) is 7.74. The fourth-order valence-electron chi connectivity index (χ4n) is 1.64. The molecule has 0 aromatic heterocycles. The molecule has 1 saturated heterocycles. The Bertz CT molecular complexity index is 327. The molecule has 0 spiro atoms. The summed E-state index contributed by atoms with van der Waals surface area (Å²) in [5, 5.41) is 12.6. The van der Waals surface area contributed by atoms with Crippen molar-refractivity contribution in [3.8, 4) is 5.75 Å². The van der Waals surface area contributed by atoms with Gasteiger partial charge in [0, 0.05) is 12.2 Å². The number of nitrogens with one attached hydrogen (secondary N) is 1. The normalized spacial score (nSPS) is 17.6. The van der Waals surface area contributed by atoms with Gasteiger partial charge in [-0.2, -0.15) is 0 Å². The van der Waals surface area contributed by atoms with E-state index in [1.54, 1.807) is 7.11 Å². The first-order valence-electron chi connectivity index (χ1n) is 5.35. The van der Waals surface area contributed by atoms with E-state index in [9.17, 15) is 5.11 Å². The first-order valence-corrected chi connectivity index (χ1v) is 5.35. The van der Waals surface area contributed by atoms with E-state index in [2.05, 4.69) is 5.32 Å². The van der Waals surface area contributed by atoms with E-state index in [1.807, 2.05) is 24.3 Å². The predicted octanol–water partition coefficient (Wildman–Crippen LogP) is 1.12. The fraction of sp³-hybridized carbons (Fsp3) is 0.500. The Morgan fingerprint density at radius 2 is 2.06 bits per heavy atom. The summed E-state index contributed by atoms with van der Waals surface area (Å²) in [6.07, 6.45) is 0. The Balaban J connectivity index is 1.89. The van der Waals surface area contributed by atoms with Crippen LogP contribution in [0.3, 0.4) is 0 Å². The van der Waals surface area contributed by atoms with Gasteiger partial charge in [0.25, 0.3) is 0 Å². The van der Waals surface area contributed by atoms with E-state index >= 15 is 0 Å². The zero-order chi connectivity index (χ0) is 11.4. The smallest absolute Gasteiger partial charge is 0.119 e. The second-order valence-electron chi connectivity index (χ2n) is 4.23. The van der Waals surface area contributed by atoms with Gasteiger partial charge in [0.05, 0.1) is 32.3 Å². The number of aliphatic hydroxyl groups is 1. The molecule has 1 aromatic carbocycles. The minimum Gasteiger partial charge on any atom is -0.497 e. The lowest BCUT2D eigenvalue weighted by Crippen LogP contribution is -2.50. The van der Waals surface area contributed by atoms with Crippen molar-refractivity contribution in [2.75, 3.05) is 38.8 Å². The molecule has 1 heterocycles. The van der Waals surface area contributed by atoms with Crippen LogP contribution in [0.4, 0.5) is 5.69 Å².